The van der Waals surface area contributed by atoms with E-state index in [2.05, 4.69) is 35.1 Å². The molecule has 0 atom stereocenters. The Morgan fingerprint density at radius 1 is 1.24 bits per heavy atom. The van der Waals surface area contributed by atoms with Gasteiger partial charge in [0.2, 0.25) is 5.88 Å². The summed E-state index contributed by atoms with van der Waals surface area (Å²) in [6.07, 6.45) is 10.2. The molecule has 0 N–H and O–H groups in total. The topological polar surface area (TPSA) is 35.0 Å². The molecule has 2 aromatic heterocycles. The van der Waals surface area contributed by atoms with Crippen LogP contribution in [0.1, 0.15) is 36.9 Å². The normalized spacial score (nSPS) is 14.2. The second-order valence-electron chi connectivity index (χ2n) is 5.86. The minimum Gasteiger partial charge on any atom is -0.481 e. The maximum Gasteiger partial charge on any atom is 0.213 e. The van der Waals surface area contributed by atoms with Gasteiger partial charge in [0.1, 0.15) is 0 Å². The molecule has 0 aromatic carbocycles. The number of hydrogen-bond donors (Lipinski definition) is 0. The van der Waals surface area contributed by atoms with E-state index in [0.29, 0.717) is 5.88 Å². The van der Waals surface area contributed by atoms with Gasteiger partial charge in [-0.25, -0.2) is 4.98 Å². The molecule has 2 aromatic rings. The molecule has 0 bridgehead atoms. The molecule has 21 heavy (non-hydrogen) atoms. The average Bonchev–Trinajstić information content (AvgIpc) is 3.32. The molecule has 3 rings (SSSR count). The number of pyridine rings is 2. The molecule has 1 aliphatic carbocycles. The van der Waals surface area contributed by atoms with Crippen molar-refractivity contribution in [3.05, 3.63) is 41.9 Å². The van der Waals surface area contributed by atoms with Crippen molar-refractivity contribution in [2.24, 2.45) is 5.92 Å². The molecule has 1 aliphatic rings. The predicted octanol–water partition coefficient (Wildman–Crippen LogP) is 4.19. The molecule has 0 unspecified atom stereocenters. The van der Waals surface area contributed by atoms with E-state index < -0.39 is 0 Å². The van der Waals surface area contributed by atoms with Crippen molar-refractivity contribution in [3.63, 3.8) is 0 Å². The molecule has 0 aliphatic heterocycles. The van der Waals surface area contributed by atoms with E-state index in [1.807, 2.05) is 12.4 Å². The molecular weight excluding hydrogens is 260 g/mol. The first-order chi connectivity index (χ1) is 10.3. The first kappa shape index (κ1) is 14.1. The Hall–Kier alpha value is -1.90. The lowest BCUT2D eigenvalue weighted by Crippen LogP contribution is -2.00. The number of methoxy groups -OCH3 is 1. The summed E-state index contributed by atoms with van der Waals surface area (Å²) >= 11 is 0. The monoisotopic (exact) mass is 282 g/mol. The molecule has 2 heterocycles. The van der Waals surface area contributed by atoms with Gasteiger partial charge in [-0.3, -0.25) is 4.98 Å². The van der Waals surface area contributed by atoms with Gasteiger partial charge in [0.15, 0.2) is 0 Å². The van der Waals surface area contributed by atoms with E-state index in [-0.39, 0.29) is 0 Å². The standard InChI is InChI=1S/C18H22N2O/c1-13-18(15-8-10-19-11-9-15)16(12-17(20-13)21-2)5-3-4-14-6-7-14/h8-12,14H,3-7H2,1-2H3. The fraction of sp³-hybridized carbons (Fsp3) is 0.444. The molecule has 3 nitrogen and oxygen atoms in total. The van der Waals surface area contributed by atoms with Crippen LogP contribution in [0.4, 0.5) is 0 Å². The second kappa shape index (κ2) is 6.25. The third-order valence-electron chi connectivity index (χ3n) is 4.19. The summed E-state index contributed by atoms with van der Waals surface area (Å²) in [4.78, 5) is 8.65. The van der Waals surface area contributed by atoms with Gasteiger partial charge in [-0.05, 0) is 48.9 Å². The molecule has 0 saturated heterocycles. The average molecular weight is 282 g/mol. The zero-order chi connectivity index (χ0) is 14.7. The number of hydrogen-bond acceptors (Lipinski definition) is 3. The maximum atomic E-state index is 5.34. The highest BCUT2D eigenvalue weighted by Crippen LogP contribution is 2.35. The molecule has 0 spiro atoms. The minimum absolute atomic E-state index is 0.715. The summed E-state index contributed by atoms with van der Waals surface area (Å²) in [5.41, 5.74) is 4.81. The molecule has 110 valence electrons. The lowest BCUT2D eigenvalue weighted by Gasteiger charge is -2.14. The number of nitrogens with zero attached hydrogens (tertiary/aromatic N) is 2. The van der Waals surface area contributed by atoms with Gasteiger partial charge >= 0.3 is 0 Å². The lowest BCUT2D eigenvalue weighted by atomic mass is 9.95. The molecule has 3 heteroatoms. The Kier molecular flexibility index (Phi) is 4.18. The summed E-state index contributed by atoms with van der Waals surface area (Å²) in [7, 11) is 1.68. The number of aryl methyl sites for hydroxylation is 2. The third kappa shape index (κ3) is 3.41. The van der Waals surface area contributed by atoms with Crippen LogP contribution in [0, 0.1) is 12.8 Å². The van der Waals surface area contributed by atoms with Crippen LogP contribution >= 0.6 is 0 Å². The number of aromatic nitrogens is 2. The summed E-state index contributed by atoms with van der Waals surface area (Å²) in [6.45, 7) is 2.06. The van der Waals surface area contributed by atoms with Gasteiger partial charge in [0.25, 0.3) is 0 Å². The van der Waals surface area contributed by atoms with Crippen LogP contribution in [0.2, 0.25) is 0 Å². The highest BCUT2D eigenvalue weighted by molar-refractivity contribution is 5.69. The summed E-state index contributed by atoms with van der Waals surface area (Å²) in [5.74, 6) is 1.70. The Morgan fingerprint density at radius 2 is 2.00 bits per heavy atom. The smallest absolute Gasteiger partial charge is 0.213 e. The van der Waals surface area contributed by atoms with Gasteiger partial charge in [0, 0.05) is 29.7 Å². The predicted molar refractivity (Wildman–Crippen MR) is 84.4 cm³/mol. The van der Waals surface area contributed by atoms with Crippen LogP contribution in [0.25, 0.3) is 11.1 Å². The van der Waals surface area contributed by atoms with Crippen molar-refractivity contribution in [1.82, 2.24) is 9.97 Å². The van der Waals surface area contributed by atoms with Crippen LogP contribution in [-0.4, -0.2) is 17.1 Å². The highest BCUT2D eigenvalue weighted by atomic mass is 16.5. The Bertz CT molecular complexity index is 606. The first-order valence-electron chi connectivity index (χ1n) is 7.73. The van der Waals surface area contributed by atoms with E-state index in [1.54, 1.807) is 7.11 Å². The first-order valence-corrected chi connectivity index (χ1v) is 7.73. The van der Waals surface area contributed by atoms with Crippen molar-refractivity contribution in [1.29, 1.82) is 0 Å². The number of ether oxygens (including phenoxy) is 1. The van der Waals surface area contributed by atoms with Crippen LogP contribution in [0.15, 0.2) is 30.6 Å². The van der Waals surface area contributed by atoms with E-state index in [4.69, 9.17) is 4.74 Å². The second-order valence-corrected chi connectivity index (χ2v) is 5.86. The van der Waals surface area contributed by atoms with E-state index in [0.717, 1.165) is 18.0 Å². The molecule has 0 radical (unpaired) electrons. The summed E-state index contributed by atoms with van der Waals surface area (Å²) in [5, 5.41) is 0. The van der Waals surface area contributed by atoms with Crippen LogP contribution in [0.5, 0.6) is 5.88 Å². The Balaban J connectivity index is 1.91. The largest absolute Gasteiger partial charge is 0.481 e. The van der Waals surface area contributed by atoms with E-state index in [9.17, 15) is 0 Å². The zero-order valence-electron chi connectivity index (χ0n) is 12.8. The Labute approximate surface area is 126 Å². The molecule has 1 fully saturated rings. The summed E-state index contributed by atoms with van der Waals surface area (Å²) < 4.78 is 5.34. The van der Waals surface area contributed by atoms with Gasteiger partial charge in [0.05, 0.1) is 7.11 Å². The van der Waals surface area contributed by atoms with Crippen molar-refractivity contribution >= 4 is 0 Å². The Morgan fingerprint density at radius 3 is 2.67 bits per heavy atom. The maximum absolute atomic E-state index is 5.34. The van der Waals surface area contributed by atoms with Crippen LogP contribution < -0.4 is 4.74 Å². The molecular formula is C18H22N2O. The SMILES string of the molecule is COc1cc(CCCC2CC2)c(-c2ccncc2)c(C)n1. The van der Waals surface area contributed by atoms with E-state index in [1.165, 1.54) is 42.4 Å². The fourth-order valence-corrected chi connectivity index (χ4v) is 2.91. The van der Waals surface area contributed by atoms with Gasteiger partial charge < -0.3 is 4.74 Å². The van der Waals surface area contributed by atoms with E-state index >= 15 is 0 Å². The van der Waals surface area contributed by atoms with Crippen LogP contribution in [0.3, 0.4) is 0 Å². The molecule has 1 saturated carbocycles. The van der Waals surface area contributed by atoms with Crippen molar-refractivity contribution in [2.75, 3.05) is 7.11 Å². The molecule has 0 amide bonds. The van der Waals surface area contributed by atoms with Gasteiger partial charge in [-0.1, -0.05) is 19.3 Å². The number of rotatable bonds is 6. The van der Waals surface area contributed by atoms with Crippen molar-refractivity contribution in [2.45, 2.75) is 39.0 Å². The van der Waals surface area contributed by atoms with Gasteiger partial charge in [-0.2, -0.15) is 0 Å². The fourth-order valence-electron chi connectivity index (χ4n) is 2.91. The van der Waals surface area contributed by atoms with Crippen LogP contribution in [-0.2, 0) is 6.42 Å². The highest BCUT2D eigenvalue weighted by Gasteiger charge is 2.21. The van der Waals surface area contributed by atoms with Crippen molar-refractivity contribution in [3.8, 4) is 17.0 Å². The zero-order valence-corrected chi connectivity index (χ0v) is 12.8. The summed E-state index contributed by atoms with van der Waals surface area (Å²) in [6, 6.07) is 6.21. The van der Waals surface area contributed by atoms with Gasteiger partial charge in [-0.15, -0.1) is 0 Å². The van der Waals surface area contributed by atoms with Crippen molar-refractivity contribution < 1.29 is 4.74 Å². The lowest BCUT2D eigenvalue weighted by molar-refractivity contribution is 0.396. The third-order valence-corrected chi connectivity index (χ3v) is 4.19. The minimum atomic E-state index is 0.715. The quantitative estimate of drug-likeness (QED) is 0.796.